The van der Waals surface area contributed by atoms with Crippen molar-refractivity contribution in [2.24, 2.45) is 5.92 Å². The zero-order chi connectivity index (χ0) is 13.8. The van der Waals surface area contributed by atoms with Gasteiger partial charge in [-0.25, -0.2) is 0 Å². The predicted molar refractivity (Wildman–Crippen MR) is 76.2 cm³/mol. The van der Waals surface area contributed by atoms with Crippen LogP contribution in [0, 0.1) is 16.0 Å². The number of nitro benzene ring substituents is 1. The molecule has 0 aliphatic heterocycles. The Hall–Kier alpha value is -1.86. The second-order valence-electron chi connectivity index (χ2n) is 4.58. The summed E-state index contributed by atoms with van der Waals surface area (Å²) in [5.74, 6) is 0.136. The van der Waals surface area contributed by atoms with Gasteiger partial charge in [-0.3, -0.25) is 14.9 Å². The first-order valence-electron chi connectivity index (χ1n) is 6.04. The van der Waals surface area contributed by atoms with Gasteiger partial charge in [-0.15, -0.1) is 12.4 Å². The Labute approximate surface area is 121 Å². The summed E-state index contributed by atoms with van der Waals surface area (Å²) in [4.78, 5) is 21.6. The van der Waals surface area contributed by atoms with Gasteiger partial charge in [0.25, 0.3) is 5.69 Å². The van der Waals surface area contributed by atoms with Crippen LogP contribution >= 0.6 is 12.4 Å². The number of nitro groups is 1. The third kappa shape index (κ3) is 4.67. The fourth-order valence-corrected chi connectivity index (χ4v) is 1.64. The third-order valence-electron chi connectivity index (χ3n) is 2.88. The van der Waals surface area contributed by atoms with Crippen LogP contribution in [0.15, 0.2) is 18.2 Å². The van der Waals surface area contributed by atoms with Crippen LogP contribution in [0.5, 0.6) is 5.75 Å². The Bertz CT molecular complexity index is 505. The van der Waals surface area contributed by atoms with Gasteiger partial charge in [0.2, 0.25) is 5.91 Å². The second-order valence-corrected chi connectivity index (χ2v) is 4.58. The highest BCUT2D eigenvalue weighted by Gasteiger charge is 2.20. The van der Waals surface area contributed by atoms with Crippen LogP contribution in [-0.4, -0.2) is 29.0 Å². The van der Waals surface area contributed by atoms with Crippen LogP contribution in [0.2, 0.25) is 0 Å². The van der Waals surface area contributed by atoms with Gasteiger partial charge in [0.05, 0.1) is 17.2 Å². The molecule has 0 aromatic heterocycles. The van der Waals surface area contributed by atoms with Gasteiger partial charge in [-0.2, -0.15) is 0 Å². The topological polar surface area (TPSA) is 104 Å². The highest BCUT2D eigenvalue weighted by Crippen LogP contribution is 2.28. The maximum absolute atomic E-state index is 11.6. The summed E-state index contributed by atoms with van der Waals surface area (Å²) in [5.41, 5.74) is -0.133. The number of rotatable bonds is 6. The summed E-state index contributed by atoms with van der Waals surface area (Å²) in [6.45, 7) is 0.924. The molecule has 3 N–H and O–H groups in total. The lowest BCUT2D eigenvalue weighted by Crippen LogP contribution is -2.29. The van der Waals surface area contributed by atoms with Crippen molar-refractivity contribution in [2.45, 2.75) is 12.8 Å². The molecule has 8 heteroatoms. The van der Waals surface area contributed by atoms with E-state index in [9.17, 15) is 20.0 Å². The van der Waals surface area contributed by atoms with E-state index in [4.69, 9.17) is 0 Å². The standard InChI is InChI=1S/C12H15N3O4.ClH/c16-11-4-3-9(15(18)19)5-10(11)14-12(17)7-13-6-8-1-2-8;/h3-5,8,13,16H,1-2,6-7H2,(H,14,17);1H. The van der Waals surface area contributed by atoms with Crippen molar-refractivity contribution < 1.29 is 14.8 Å². The summed E-state index contributed by atoms with van der Waals surface area (Å²) in [6, 6.07) is 3.50. The first-order valence-corrected chi connectivity index (χ1v) is 6.04. The molecule has 1 saturated carbocycles. The average Bonchev–Trinajstić information content (AvgIpc) is 3.15. The number of halogens is 1. The molecule has 1 aromatic carbocycles. The van der Waals surface area contributed by atoms with Gasteiger partial charge in [-0.05, 0) is 31.4 Å². The highest BCUT2D eigenvalue weighted by atomic mass is 35.5. The van der Waals surface area contributed by atoms with Gasteiger partial charge in [0, 0.05) is 12.1 Å². The number of phenolic OH excluding ortho intramolecular Hbond substituents is 1. The van der Waals surface area contributed by atoms with Gasteiger partial charge in [0.1, 0.15) is 5.75 Å². The molecule has 1 aliphatic carbocycles. The lowest BCUT2D eigenvalue weighted by molar-refractivity contribution is -0.384. The number of nitrogens with one attached hydrogen (secondary N) is 2. The van der Waals surface area contributed by atoms with Crippen molar-refractivity contribution in [1.82, 2.24) is 5.32 Å². The van der Waals surface area contributed by atoms with Crippen LogP contribution in [-0.2, 0) is 4.79 Å². The average molecular weight is 302 g/mol. The molecular formula is C12H16ClN3O4. The van der Waals surface area contributed by atoms with Crippen molar-refractivity contribution in [3.63, 3.8) is 0 Å². The molecule has 7 nitrogen and oxygen atoms in total. The molecule has 1 fully saturated rings. The first kappa shape index (κ1) is 16.2. The first-order chi connectivity index (χ1) is 9.06. The Morgan fingerprint density at radius 3 is 2.75 bits per heavy atom. The minimum atomic E-state index is -0.583. The molecule has 0 bridgehead atoms. The summed E-state index contributed by atoms with van der Waals surface area (Å²) >= 11 is 0. The second kappa shape index (κ2) is 7.06. The van der Waals surface area contributed by atoms with Crippen LogP contribution < -0.4 is 10.6 Å². The lowest BCUT2D eigenvalue weighted by atomic mass is 10.2. The molecule has 1 aromatic rings. The van der Waals surface area contributed by atoms with Crippen molar-refractivity contribution in [1.29, 1.82) is 0 Å². The molecule has 0 saturated heterocycles. The van der Waals surface area contributed by atoms with Crippen LogP contribution in [0.4, 0.5) is 11.4 Å². The van der Waals surface area contributed by atoms with Crippen molar-refractivity contribution in [3.05, 3.63) is 28.3 Å². The van der Waals surface area contributed by atoms with E-state index in [2.05, 4.69) is 10.6 Å². The number of non-ortho nitro benzene ring substituents is 1. The molecule has 1 aliphatic rings. The van der Waals surface area contributed by atoms with Crippen molar-refractivity contribution >= 4 is 29.7 Å². The van der Waals surface area contributed by atoms with Gasteiger partial charge in [0.15, 0.2) is 0 Å². The van der Waals surface area contributed by atoms with E-state index < -0.39 is 4.92 Å². The minimum absolute atomic E-state index is 0. The van der Waals surface area contributed by atoms with Crippen LogP contribution in [0.25, 0.3) is 0 Å². The Morgan fingerprint density at radius 2 is 2.15 bits per heavy atom. The minimum Gasteiger partial charge on any atom is -0.506 e. The number of hydrogen-bond acceptors (Lipinski definition) is 5. The lowest BCUT2D eigenvalue weighted by Gasteiger charge is -2.07. The molecule has 1 amide bonds. The number of amides is 1. The highest BCUT2D eigenvalue weighted by molar-refractivity contribution is 5.94. The van der Waals surface area contributed by atoms with Crippen molar-refractivity contribution in [3.8, 4) is 5.75 Å². The van der Waals surface area contributed by atoms with Gasteiger partial charge < -0.3 is 15.7 Å². The van der Waals surface area contributed by atoms with E-state index in [1.54, 1.807) is 0 Å². The fraction of sp³-hybridized carbons (Fsp3) is 0.417. The normalized spacial score (nSPS) is 13.4. The van der Waals surface area contributed by atoms with Crippen molar-refractivity contribution in [2.75, 3.05) is 18.4 Å². The number of hydrogen-bond donors (Lipinski definition) is 3. The van der Waals surface area contributed by atoms with E-state index in [1.165, 1.54) is 25.0 Å². The summed E-state index contributed by atoms with van der Waals surface area (Å²) in [7, 11) is 0. The maximum atomic E-state index is 11.6. The Balaban J connectivity index is 0.00000200. The largest absolute Gasteiger partial charge is 0.506 e. The summed E-state index contributed by atoms with van der Waals surface area (Å²) < 4.78 is 0. The van der Waals surface area contributed by atoms with Gasteiger partial charge >= 0.3 is 0 Å². The molecule has 0 radical (unpaired) electrons. The van der Waals surface area contributed by atoms with E-state index in [-0.39, 0.29) is 42.0 Å². The van der Waals surface area contributed by atoms with E-state index >= 15 is 0 Å². The van der Waals surface area contributed by atoms with Crippen LogP contribution in [0.1, 0.15) is 12.8 Å². The number of phenols is 1. The molecule has 0 spiro atoms. The number of benzene rings is 1. The molecule has 2 rings (SSSR count). The molecule has 0 atom stereocenters. The molecule has 0 heterocycles. The number of carbonyl (C=O) groups excluding carboxylic acids is 1. The zero-order valence-electron chi connectivity index (χ0n) is 10.7. The SMILES string of the molecule is Cl.O=C(CNCC1CC1)Nc1cc([N+](=O)[O-])ccc1O. The summed E-state index contributed by atoms with van der Waals surface area (Å²) in [5, 5.41) is 25.6. The Kier molecular flexibility index (Phi) is 5.72. The maximum Gasteiger partial charge on any atom is 0.271 e. The quantitative estimate of drug-likeness (QED) is 0.421. The molecule has 110 valence electrons. The third-order valence-corrected chi connectivity index (χ3v) is 2.88. The Morgan fingerprint density at radius 1 is 1.45 bits per heavy atom. The molecule has 20 heavy (non-hydrogen) atoms. The van der Waals surface area contributed by atoms with Crippen LogP contribution in [0.3, 0.4) is 0 Å². The molecular weight excluding hydrogens is 286 g/mol. The summed E-state index contributed by atoms with van der Waals surface area (Å²) in [6.07, 6.45) is 2.39. The number of nitrogens with zero attached hydrogens (tertiary/aromatic N) is 1. The van der Waals surface area contributed by atoms with E-state index in [0.29, 0.717) is 5.92 Å². The van der Waals surface area contributed by atoms with E-state index in [0.717, 1.165) is 12.6 Å². The van der Waals surface area contributed by atoms with E-state index in [1.807, 2.05) is 0 Å². The number of anilines is 1. The van der Waals surface area contributed by atoms with Gasteiger partial charge in [-0.1, -0.05) is 0 Å². The monoisotopic (exact) mass is 301 g/mol. The predicted octanol–water partition coefficient (Wildman–Crippen LogP) is 1.66. The zero-order valence-corrected chi connectivity index (χ0v) is 11.5. The number of aromatic hydroxyl groups is 1. The number of carbonyl (C=O) groups is 1. The smallest absolute Gasteiger partial charge is 0.271 e. The fourth-order valence-electron chi connectivity index (χ4n) is 1.64. The molecule has 0 unspecified atom stereocenters.